The highest BCUT2D eigenvalue weighted by molar-refractivity contribution is 6.32. The molecule has 0 fully saturated rings. The topological polar surface area (TPSA) is 58.6 Å². The number of hydrogen-bond donors (Lipinski definition) is 1. The molecule has 0 bridgehead atoms. The van der Waals surface area contributed by atoms with Gasteiger partial charge in [-0.05, 0) is 49.2 Å². The average molecular weight is 375 g/mol. The summed E-state index contributed by atoms with van der Waals surface area (Å²) in [4.78, 5) is 25.8. The van der Waals surface area contributed by atoms with Crippen LogP contribution >= 0.6 is 11.6 Å². The van der Waals surface area contributed by atoms with Crippen molar-refractivity contribution in [2.75, 3.05) is 26.7 Å². The lowest BCUT2D eigenvalue weighted by Crippen LogP contribution is -2.39. The molecule has 0 aliphatic heterocycles. The molecule has 0 saturated heterocycles. The molecule has 0 unspecified atom stereocenters. The molecule has 0 saturated carbocycles. The van der Waals surface area contributed by atoms with Gasteiger partial charge in [-0.2, -0.15) is 0 Å². The van der Waals surface area contributed by atoms with E-state index in [1.807, 2.05) is 38.1 Å². The Hall–Kier alpha value is -2.53. The maximum atomic E-state index is 12.2. The van der Waals surface area contributed by atoms with Crippen LogP contribution in [0.4, 0.5) is 0 Å². The first-order valence-corrected chi connectivity index (χ1v) is 8.73. The van der Waals surface area contributed by atoms with Crippen molar-refractivity contribution >= 4 is 23.4 Å². The molecule has 138 valence electrons. The number of nitrogens with zero attached hydrogens (tertiary/aromatic N) is 1. The van der Waals surface area contributed by atoms with Gasteiger partial charge in [-0.25, -0.2) is 0 Å². The molecule has 2 rings (SSSR count). The summed E-state index contributed by atoms with van der Waals surface area (Å²) >= 11 is 6.01. The van der Waals surface area contributed by atoms with Gasteiger partial charge in [-0.3, -0.25) is 9.59 Å². The van der Waals surface area contributed by atoms with E-state index in [1.54, 1.807) is 25.2 Å². The predicted octanol–water partition coefficient (Wildman–Crippen LogP) is 3.22. The summed E-state index contributed by atoms with van der Waals surface area (Å²) in [5.41, 5.74) is 2.71. The lowest BCUT2D eigenvalue weighted by molar-refractivity contribution is -0.129. The third kappa shape index (κ3) is 5.49. The maximum absolute atomic E-state index is 12.2. The zero-order valence-electron chi connectivity index (χ0n) is 15.2. The number of amides is 2. The minimum Gasteiger partial charge on any atom is -0.490 e. The van der Waals surface area contributed by atoms with Crippen molar-refractivity contribution in [2.45, 2.75) is 13.8 Å². The van der Waals surface area contributed by atoms with E-state index in [0.29, 0.717) is 29.5 Å². The van der Waals surface area contributed by atoms with Gasteiger partial charge >= 0.3 is 0 Å². The fourth-order valence-corrected chi connectivity index (χ4v) is 2.44. The third-order valence-corrected chi connectivity index (χ3v) is 4.43. The molecule has 0 spiro atoms. The number of benzene rings is 2. The van der Waals surface area contributed by atoms with E-state index in [0.717, 1.165) is 11.1 Å². The van der Waals surface area contributed by atoms with Gasteiger partial charge < -0.3 is 15.0 Å². The first-order chi connectivity index (χ1) is 12.4. The third-order valence-electron chi connectivity index (χ3n) is 4.12. The molecule has 0 aliphatic carbocycles. The molecule has 2 aromatic rings. The van der Waals surface area contributed by atoms with Crippen molar-refractivity contribution in [3.05, 3.63) is 64.2 Å². The van der Waals surface area contributed by atoms with Gasteiger partial charge in [0, 0.05) is 12.6 Å². The number of rotatable bonds is 7. The van der Waals surface area contributed by atoms with E-state index in [-0.39, 0.29) is 18.4 Å². The molecular weight excluding hydrogens is 352 g/mol. The molecule has 1 N–H and O–H groups in total. The van der Waals surface area contributed by atoms with Crippen molar-refractivity contribution in [3.63, 3.8) is 0 Å². The second kappa shape index (κ2) is 9.25. The standard InChI is InChI=1S/C20H23ClN2O3/c1-14-8-9-16(12-15(14)2)20(25)22-13-19(24)23(3)10-11-26-18-7-5-4-6-17(18)21/h4-9,12H,10-11,13H2,1-3H3,(H,22,25). The normalized spacial score (nSPS) is 10.3. The molecular formula is C20H23ClN2O3. The van der Waals surface area contributed by atoms with Gasteiger partial charge in [0.1, 0.15) is 12.4 Å². The second-order valence-electron chi connectivity index (χ2n) is 6.08. The molecule has 5 nitrogen and oxygen atoms in total. The zero-order valence-corrected chi connectivity index (χ0v) is 16.0. The van der Waals surface area contributed by atoms with Crippen molar-refractivity contribution < 1.29 is 14.3 Å². The maximum Gasteiger partial charge on any atom is 0.251 e. The van der Waals surface area contributed by atoms with Gasteiger partial charge in [0.15, 0.2) is 0 Å². The Morgan fingerprint density at radius 3 is 2.54 bits per heavy atom. The van der Waals surface area contributed by atoms with Crippen LogP contribution in [0.2, 0.25) is 5.02 Å². The zero-order chi connectivity index (χ0) is 19.1. The molecule has 2 amide bonds. The van der Waals surface area contributed by atoms with Crippen LogP contribution in [-0.2, 0) is 4.79 Å². The summed E-state index contributed by atoms with van der Waals surface area (Å²) in [6, 6.07) is 12.6. The smallest absolute Gasteiger partial charge is 0.251 e. The van der Waals surface area contributed by atoms with E-state index in [1.165, 1.54) is 4.90 Å². The number of para-hydroxylation sites is 1. The lowest BCUT2D eigenvalue weighted by Gasteiger charge is -2.18. The minimum absolute atomic E-state index is 0.0612. The summed E-state index contributed by atoms with van der Waals surface area (Å²) in [7, 11) is 1.67. The van der Waals surface area contributed by atoms with E-state index < -0.39 is 0 Å². The van der Waals surface area contributed by atoms with Crippen LogP contribution in [0, 0.1) is 13.8 Å². The first-order valence-electron chi connectivity index (χ1n) is 8.35. The first kappa shape index (κ1) is 19.8. The molecule has 0 aliphatic rings. The number of hydrogen-bond acceptors (Lipinski definition) is 3. The summed E-state index contributed by atoms with van der Waals surface area (Å²) in [6.07, 6.45) is 0. The van der Waals surface area contributed by atoms with Gasteiger partial charge in [0.2, 0.25) is 5.91 Å². The summed E-state index contributed by atoms with van der Waals surface area (Å²) in [5, 5.41) is 3.18. The van der Waals surface area contributed by atoms with Crippen LogP contribution in [0.15, 0.2) is 42.5 Å². The Kier molecular flexibility index (Phi) is 7.04. The number of carbonyl (C=O) groups is 2. The average Bonchev–Trinajstić information content (AvgIpc) is 2.63. The number of halogens is 1. The predicted molar refractivity (Wildman–Crippen MR) is 103 cm³/mol. The highest BCUT2D eigenvalue weighted by Crippen LogP contribution is 2.22. The highest BCUT2D eigenvalue weighted by Gasteiger charge is 2.12. The summed E-state index contributed by atoms with van der Waals surface area (Å²) in [5.74, 6) is 0.130. The number of likely N-dealkylation sites (N-methyl/N-ethyl adjacent to an activating group) is 1. The fraction of sp³-hybridized carbons (Fsp3) is 0.300. The van der Waals surface area contributed by atoms with Crippen LogP contribution in [0.3, 0.4) is 0 Å². The van der Waals surface area contributed by atoms with Crippen LogP contribution in [-0.4, -0.2) is 43.5 Å². The summed E-state index contributed by atoms with van der Waals surface area (Å²) in [6.45, 7) is 4.58. The number of nitrogens with one attached hydrogen (secondary N) is 1. The Bertz CT molecular complexity index is 792. The van der Waals surface area contributed by atoms with Crippen molar-refractivity contribution in [1.29, 1.82) is 0 Å². The van der Waals surface area contributed by atoms with Crippen LogP contribution in [0.25, 0.3) is 0 Å². The molecule has 0 heterocycles. The van der Waals surface area contributed by atoms with E-state index in [9.17, 15) is 9.59 Å². The number of aryl methyl sites for hydroxylation is 2. The van der Waals surface area contributed by atoms with Gasteiger partial charge in [-0.15, -0.1) is 0 Å². The van der Waals surface area contributed by atoms with Crippen molar-refractivity contribution in [1.82, 2.24) is 10.2 Å². The van der Waals surface area contributed by atoms with Gasteiger partial charge in [0.25, 0.3) is 5.91 Å². The fourth-order valence-electron chi connectivity index (χ4n) is 2.25. The van der Waals surface area contributed by atoms with E-state index >= 15 is 0 Å². The molecule has 2 aromatic carbocycles. The largest absolute Gasteiger partial charge is 0.490 e. The highest BCUT2D eigenvalue weighted by atomic mass is 35.5. The molecule has 0 atom stereocenters. The summed E-state index contributed by atoms with van der Waals surface area (Å²) < 4.78 is 5.56. The Morgan fingerprint density at radius 1 is 1.12 bits per heavy atom. The molecule has 6 heteroatoms. The monoisotopic (exact) mass is 374 g/mol. The van der Waals surface area contributed by atoms with Gasteiger partial charge in [0.05, 0.1) is 18.1 Å². The molecule has 0 aromatic heterocycles. The number of carbonyl (C=O) groups excluding carboxylic acids is 2. The molecule has 0 radical (unpaired) electrons. The van der Waals surface area contributed by atoms with E-state index in [4.69, 9.17) is 16.3 Å². The Labute approximate surface area is 158 Å². The van der Waals surface area contributed by atoms with Crippen LogP contribution in [0.5, 0.6) is 5.75 Å². The van der Waals surface area contributed by atoms with Crippen molar-refractivity contribution in [2.24, 2.45) is 0 Å². The second-order valence-corrected chi connectivity index (χ2v) is 6.48. The van der Waals surface area contributed by atoms with Gasteiger partial charge in [-0.1, -0.05) is 29.8 Å². The van der Waals surface area contributed by atoms with Crippen molar-refractivity contribution in [3.8, 4) is 5.75 Å². The quantitative estimate of drug-likeness (QED) is 0.809. The van der Waals surface area contributed by atoms with E-state index in [2.05, 4.69) is 5.32 Å². The Morgan fingerprint density at radius 2 is 1.85 bits per heavy atom. The van der Waals surface area contributed by atoms with Crippen LogP contribution < -0.4 is 10.1 Å². The number of ether oxygens (including phenoxy) is 1. The minimum atomic E-state index is -0.262. The SMILES string of the molecule is Cc1ccc(C(=O)NCC(=O)N(C)CCOc2ccccc2Cl)cc1C. The Balaban J connectivity index is 1.77. The van der Waals surface area contributed by atoms with Crippen LogP contribution in [0.1, 0.15) is 21.5 Å². The molecule has 26 heavy (non-hydrogen) atoms. The lowest BCUT2D eigenvalue weighted by atomic mass is 10.1.